The second-order valence-corrected chi connectivity index (χ2v) is 10.6. The van der Waals surface area contributed by atoms with Crippen molar-refractivity contribution < 1.29 is 4.79 Å². The van der Waals surface area contributed by atoms with E-state index in [0.717, 1.165) is 25.2 Å². The summed E-state index contributed by atoms with van der Waals surface area (Å²) in [6, 6.07) is 8.22. The molecule has 1 fully saturated rings. The van der Waals surface area contributed by atoms with E-state index in [9.17, 15) is 9.59 Å². The lowest BCUT2D eigenvalue weighted by Gasteiger charge is -2.39. The molecule has 0 bridgehead atoms. The number of anilines is 2. The van der Waals surface area contributed by atoms with Crippen LogP contribution in [0.1, 0.15) is 46.1 Å². The van der Waals surface area contributed by atoms with E-state index in [0.29, 0.717) is 29.2 Å². The number of carbonyl (C=O) groups excluding carboxylic acids is 1. The summed E-state index contributed by atoms with van der Waals surface area (Å²) in [5.74, 6) is 0.714. The molecule has 0 radical (unpaired) electrons. The largest absolute Gasteiger partial charge is 0.324 e. The molecule has 3 aromatic rings. The average Bonchev–Trinajstić information content (AvgIpc) is 3.17. The summed E-state index contributed by atoms with van der Waals surface area (Å²) in [6.45, 7) is 14.1. The van der Waals surface area contributed by atoms with E-state index in [1.165, 1.54) is 27.9 Å². The second-order valence-electron chi connectivity index (χ2n) is 10.6. The van der Waals surface area contributed by atoms with E-state index in [2.05, 4.69) is 53.0 Å². The van der Waals surface area contributed by atoms with E-state index in [-0.39, 0.29) is 23.6 Å². The lowest BCUT2D eigenvalue weighted by Crippen LogP contribution is -2.42. The molecule has 0 saturated carbocycles. The van der Waals surface area contributed by atoms with Gasteiger partial charge in [-0.05, 0) is 71.0 Å². The van der Waals surface area contributed by atoms with Crippen molar-refractivity contribution in [3.05, 3.63) is 71.2 Å². The highest BCUT2D eigenvalue weighted by molar-refractivity contribution is 5.99. The van der Waals surface area contributed by atoms with Crippen molar-refractivity contribution in [2.75, 3.05) is 25.5 Å². The molecule has 1 N–H and O–H groups in total. The molecule has 1 aromatic carbocycles. The summed E-state index contributed by atoms with van der Waals surface area (Å²) < 4.78 is 3.09. The molecular formula is C29H38N8O2. The van der Waals surface area contributed by atoms with Gasteiger partial charge in [0.2, 0.25) is 12.4 Å². The average molecular weight is 531 g/mol. The molecule has 1 aliphatic rings. The number of amides is 1. The maximum Gasteiger partial charge on any atom is 0.278 e. The number of benzene rings is 1. The van der Waals surface area contributed by atoms with E-state index in [1.807, 2.05) is 32.9 Å². The van der Waals surface area contributed by atoms with Crippen LogP contribution in [0.2, 0.25) is 0 Å². The number of nitrogens with zero attached hydrogens (tertiary/aromatic N) is 7. The third-order valence-electron chi connectivity index (χ3n) is 7.09. The van der Waals surface area contributed by atoms with E-state index >= 15 is 0 Å². The monoisotopic (exact) mass is 530 g/mol. The minimum absolute atomic E-state index is 0.124. The fraction of sp³-hybridized carbons (Fsp3) is 0.414. The molecule has 1 amide bonds. The van der Waals surface area contributed by atoms with Crippen LogP contribution < -0.4 is 10.9 Å². The minimum Gasteiger partial charge on any atom is -0.324 e. The van der Waals surface area contributed by atoms with E-state index < -0.39 is 0 Å². The SMILES string of the molecule is C=CCn1c(=O)c2cnc(Nc3ccc(C4(C)CCCN(C)C4)cc3)nc2n1C(/C=C\C)=N/N(C=O)C(C)C. The fourth-order valence-electron chi connectivity index (χ4n) is 5.10. The lowest BCUT2D eigenvalue weighted by atomic mass is 9.76. The third kappa shape index (κ3) is 5.85. The molecule has 0 aliphatic carbocycles. The zero-order valence-electron chi connectivity index (χ0n) is 23.5. The van der Waals surface area contributed by atoms with Gasteiger partial charge in [-0.1, -0.05) is 31.2 Å². The molecular weight excluding hydrogens is 492 g/mol. The van der Waals surface area contributed by atoms with Crippen LogP contribution in [-0.4, -0.2) is 67.7 Å². The molecule has 1 atom stereocenters. The van der Waals surface area contributed by atoms with Crippen LogP contribution in [0.15, 0.2) is 65.2 Å². The standard InChI is InChI=1S/C29H38N8O2/c1-7-10-25(33-35(20-38)21(3)4)37-26-24(27(39)36(37)16-8-2)18-30-28(32-26)31-23-13-11-22(12-14-23)29(5)15-9-17-34(6)19-29/h7-8,10-14,18,20-21H,2,9,15-17,19H2,1,3-6H3,(H,30,31,32)/b10-7-,33-25+. The normalized spacial score (nSPS) is 18.7. The number of likely N-dealkylation sites (tertiary alicyclic amines) is 1. The zero-order chi connectivity index (χ0) is 28.2. The highest BCUT2D eigenvalue weighted by Crippen LogP contribution is 2.34. The quantitative estimate of drug-likeness (QED) is 0.147. The summed E-state index contributed by atoms with van der Waals surface area (Å²) in [7, 11) is 2.18. The smallest absolute Gasteiger partial charge is 0.278 e. The maximum absolute atomic E-state index is 13.3. The summed E-state index contributed by atoms with van der Waals surface area (Å²) >= 11 is 0. The van der Waals surface area contributed by atoms with Gasteiger partial charge in [-0.2, -0.15) is 10.1 Å². The summed E-state index contributed by atoms with van der Waals surface area (Å²) in [6.07, 6.45) is 9.68. The predicted octanol–water partition coefficient (Wildman–Crippen LogP) is 4.11. The number of nitrogens with one attached hydrogen (secondary N) is 1. The van der Waals surface area contributed by atoms with Crippen LogP contribution in [0, 0.1) is 0 Å². The van der Waals surface area contributed by atoms with Crippen LogP contribution in [0.3, 0.4) is 0 Å². The molecule has 206 valence electrons. The molecule has 1 unspecified atom stereocenters. The van der Waals surface area contributed by atoms with Gasteiger partial charge in [-0.25, -0.2) is 19.4 Å². The molecule has 4 rings (SSSR count). The van der Waals surface area contributed by atoms with Gasteiger partial charge >= 0.3 is 0 Å². The van der Waals surface area contributed by atoms with Crippen LogP contribution in [0.25, 0.3) is 11.0 Å². The molecule has 2 aromatic heterocycles. The first-order valence-electron chi connectivity index (χ1n) is 13.3. The first kappa shape index (κ1) is 28.0. The summed E-state index contributed by atoms with van der Waals surface area (Å²) in [5, 5.41) is 9.44. The Morgan fingerprint density at radius 1 is 1.31 bits per heavy atom. The number of carbonyl (C=O) groups is 1. The number of rotatable bonds is 9. The molecule has 0 spiro atoms. The van der Waals surface area contributed by atoms with Crippen molar-refractivity contribution in [1.29, 1.82) is 0 Å². The topological polar surface area (TPSA) is 101 Å². The summed E-state index contributed by atoms with van der Waals surface area (Å²) in [4.78, 5) is 36.5. The van der Waals surface area contributed by atoms with Gasteiger partial charge in [0.1, 0.15) is 5.39 Å². The van der Waals surface area contributed by atoms with Crippen LogP contribution >= 0.6 is 0 Å². The van der Waals surface area contributed by atoms with Gasteiger partial charge in [0, 0.05) is 29.9 Å². The van der Waals surface area contributed by atoms with Crippen LogP contribution in [-0.2, 0) is 16.8 Å². The Hall–Kier alpha value is -4.05. The van der Waals surface area contributed by atoms with Gasteiger partial charge in [0.05, 0.1) is 6.54 Å². The number of likely N-dealkylation sites (N-methyl/N-ethyl adjacent to an activating group) is 1. The van der Waals surface area contributed by atoms with Crippen molar-refractivity contribution in [1.82, 2.24) is 29.2 Å². The van der Waals surface area contributed by atoms with Crippen molar-refractivity contribution >= 4 is 34.9 Å². The molecule has 1 saturated heterocycles. The number of fused-ring (bicyclic) bond motifs is 1. The van der Waals surface area contributed by atoms with Crippen molar-refractivity contribution in [3.8, 4) is 0 Å². The van der Waals surface area contributed by atoms with E-state index in [1.54, 1.807) is 22.9 Å². The number of hydrogen-bond donors (Lipinski definition) is 1. The molecule has 3 heterocycles. The van der Waals surface area contributed by atoms with Crippen LogP contribution in [0.5, 0.6) is 0 Å². The molecule has 1 aliphatic heterocycles. The molecule has 10 heteroatoms. The first-order chi connectivity index (χ1) is 18.7. The van der Waals surface area contributed by atoms with Gasteiger partial charge in [-0.3, -0.25) is 9.59 Å². The van der Waals surface area contributed by atoms with Gasteiger partial charge < -0.3 is 10.2 Å². The second kappa shape index (κ2) is 11.8. The zero-order valence-corrected chi connectivity index (χ0v) is 23.5. The Bertz CT molecular complexity index is 1450. The number of allylic oxidation sites excluding steroid dienone is 3. The van der Waals surface area contributed by atoms with Gasteiger partial charge in [0.25, 0.3) is 5.56 Å². The predicted molar refractivity (Wildman–Crippen MR) is 156 cm³/mol. The van der Waals surface area contributed by atoms with Crippen molar-refractivity contribution in [3.63, 3.8) is 0 Å². The number of hydrogen-bond acceptors (Lipinski definition) is 7. The Labute approximate surface area is 229 Å². The van der Waals surface area contributed by atoms with Gasteiger partial charge in [-0.15, -0.1) is 6.58 Å². The Balaban J connectivity index is 1.74. The van der Waals surface area contributed by atoms with Crippen molar-refractivity contribution in [2.45, 2.75) is 58.5 Å². The Morgan fingerprint density at radius 2 is 2.05 bits per heavy atom. The van der Waals surface area contributed by atoms with Gasteiger partial charge in [0.15, 0.2) is 11.5 Å². The lowest BCUT2D eigenvalue weighted by molar-refractivity contribution is -0.119. The maximum atomic E-state index is 13.3. The van der Waals surface area contributed by atoms with E-state index in [4.69, 9.17) is 4.98 Å². The Morgan fingerprint density at radius 3 is 2.67 bits per heavy atom. The third-order valence-corrected chi connectivity index (χ3v) is 7.09. The molecule has 39 heavy (non-hydrogen) atoms. The number of hydrazone groups is 1. The first-order valence-corrected chi connectivity index (χ1v) is 13.3. The number of piperidine rings is 1. The Kier molecular flexibility index (Phi) is 8.44. The summed E-state index contributed by atoms with van der Waals surface area (Å²) in [5.41, 5.74) is 2.38. The van der Waals surface area contributed by atoms with Crippen LogP contribution in [0.4, 0.5) is 11.6 Å². The highest BCUT2D eigenvalue weighted by atomic mass is 16.1. The number of aromatic nitrogens is 4. The fourth-order valence-corrected chi connectivity index (χ4v) is 5.10. The van der Waals surface area contributed by atoms with Crippen molar-refractivity contribution in [2.24, 2.45) is 5.10 Å². The highest BCUT2D eigenvalue weighted by Gasteiger charge is 2.31. The molecule has 10 nitrogen and oxygen atoms in total. The minimum atomic E-state index is -0.272.